The Hall–Kier alpha value is -1.81. The molecule has 0 radical (unpaired) electrons. The Morgan fingerprint density at radius 3 is 2.67 bits per heavy atom. The van der Waals surface area contributed by atoms with Crippen LogP contribution in [0.2, 0.25) is 0 Å². The van der Waals surface area contributed by atoms with E-state index < -0.39 is 34.1 Å². The summed E-state index contributed by atoms with van der Waals surface area (Å²) in [4.78, 5) is 12.2. The average molecular weight is 366 g/mol. The topological polar surface area (TPSA) is 75.7 Å². The molecule has 1 fully saturated rings. The molecule has 1 unspecified atom stereocenters. The van der Waals surface area contributed by atoms with E-state index in [1.54, 1.807) is 0 Å². The second-order valence-corrected chi connectivity index (χ2v) is 7.34. The number of benzene rings is 1. The summed E-state index contributed by atoms with van der Waals surface area (Å²) in [5.74, 6) is -0.948. The molecule has 1 aromatic rings. The summed E-state index contributed by atoms with van der Waals surface area (Å²) in [6, 6.07) is 4.60. The Bertz CT molecular complexity index is 706. The van der Waals surface area contributed by atoms with Crippen LogP contribution in [0, 0.1) is 0 Å². The number of nitrogens with one attached hydrogen (secondary N) is 1. The fourth-order valence-corrected chi connectivity index (χ4v) is 3.70. The molecule has 1 aliphatic heterocycles. The highest BCUT2D eigenvalue weighted by atomic mass is 32.2. The standard InChI is InChI=1S/C14H17F3N2O4S/c1-24(21,22)19-8-4-6-11(19)13(20)18-9-10-5-2-3-7-12(10)23-14(15,16)17/h2-3,5,7,11H,4,6,8-9H2,1H3,(H,18,20). The van der Waals surface area contributed by atoms with E-state index in [1.807, 2.05) is 0 Å². The van der Waals surface area contributed by atoms with Crippen LogP contribution in [-0.2, 0) is 21.4 Å². The molecular weight excluding hydrogens is 349 g/mol. The van der Waals surface area contributed by atoms with Gasteiger partial charge in [0.15, 0.2) is 0 Å². The van der Waals surface area contributed by atoms with Crippen LogP contribution in [0.1, 0.15) is 18.4 Å². The van der Waals surface area contributed by atoms with Crippen molar-refractivity contribution in [1.29, 1.82) is 0 Å². The Balaban J connectivity index is 2.05. The minimum absolute atomic E-state index is 0.145. The van der Waals surface area contributed by atoms with Crippen LogP contribution in [0.3, 0.4) is 0 Å². The van der Waals surface area contributed by atoms with E-state index in [-0.39, 0.29) is 18.7 Å². The fraction of sp³-hybridized carbons (Fsp3) is 0.500. The van der Waals surface area contributed by atoms with Crippen molar-refractivity contribution in [3.05, 3.63) is 29.8 Å². The van der Waals surface area contributed by atoms with Gasteiger partial charge in [-0.25, -0.2) is 8.42 Å². The largest absolute Gasteiger partial charge is 0.573 e. The van der Waals surface area contributed by atoms with Gasteiger partial charge in [-0.05, 0) is 18.9 Å². The van der Waals surface area contributed by atoms with Crippen molar-refractivity contribution in [1.82, 2.24) is 9.62 Å². The number of nitrogens with zero attached hydrogens (tertiary/aromatic N) is 1. The van der Waals surface area contributed by atoms with Crippen molar-refractivity contribution >= 4 is 15.9 Å². The molecule has 1 saturated heterocycles. The number of amides is 1. The minimum Gasteiger partial charge on any atom is -0.405 e. The number of hydrogen-bond acceptors (Lipinski definition) is 4. The summed E-state index contributed by atoms with van der Waals surface area (Å²) in [6.07, 6.45) is -2.89. The molecule has 10 heteroatoms. The molecular formula is C14H17F3N2O4S. The fourth-order valence-electron chi connectivity index (χ4n) is 2.57. The van der Waals surface area contributed by atoms with E-state index >= 15 is 0 Å². The first kappa shape index (κ1) is 18.5. The van der Waals surface area contributed by atoms with Gasteiger partial charge in [0.1, 0.15) is 11.8 Å². The maximum Gasteiger partial charge on any atom is 0.573 e. The molecule has 24 heavy (non-hydrogen) atoms. The highest BCUT2D eigenvalue weighted by Gasteiger charge is 2.36. The lowest BCUT2D eigenvalue weighted by molar-refractivity contribution is -0.274. The van der Waals surface area contributed by atoms with Gasteiger partial charge in [0, 0.05) is 18.7 Å². The summed E-state index contributed by atoms with van der Waals surface area (Å²) in [7, 11) is -3.51. The highest BCUT2D eigenvalue weighted by Crippen LogP contribution is 2.26. The molecule has 1 amide bonds. The van der Waals surface area contributed by atoms with Crippen molar-refractivity contribution in [2.24, 2.45) is 0 Å². The number of ether oxygens (including phenoxy) is 1. The lowest BCUT2D eigenvalue weighted by atomic mass is 10.2. The van der Waals surface area contributed by atoms with E-state index in [4.69, 9.17) is 0 Å². The number of carbonyl (C=O) groups is 1. The van der Waals surface area contributed by atoms with Crippen molar-refractivity contribution in [2.45, 2.75) is 31.8 Å². The molecule has 0 aromatic heterocycles. The zero-order valence-electron chi connectivity index (χ0n) is 12.8. The molecule has 1 aliphatic rings. The first-order valence-electron chi connectivity index (χ1n) is 7.16. The van der Waals surface area contributed by atoms with Gasteiger partial charge in [0.05, 0.1) is 6.26 Å². The van der Waals surface area contributed by atoms with E-state index in [0.29, 0.717) is 12.8 Å². The Morgan fingerprint density at radius 2 is 2.04 bits per heavy atom. The number of hydrogen-bond donors (Lipinski definition) is 1. The molecule has 1 atom stereocenters. The number of alkyl halides is 3. The molecule has 134 valence electrons. The molecule has 1 aromatic carbocycles. The SMILES string of the molecule is CS(=O)(=O)N1CCCC1C(=O)NCc1ccccc1OC(F)(F)F. The monoisotopic (exact) mass is 366 g/mol. The predicted molar refractivity (Wildman–Crippen MR) is 79.5 cm³/mol. The van der Waals surface area contributed by atoms with Crippen LogP contribution in [0.25, 0.3) is 0 Å². The highest BCUT2D eigenvalue weighted by molar-refractivity contribution is 7.88. The number of sulfonamides is 1. The Labute approximate surface area is 137 Å². The zero-order valence-corrected chi connectivity index (χ0v) is 13.7. The number of rotatable bonds is 5. The smallest absolute Gasteiger partial charge is 0.405 e. The Morgan fingerprint density at radius 1 is 1.38 bits per heavy atom. The third kappa shape index (κ3) is 4.84. The van der Waals surface area contributed by atoms with Gasteiger partial charge in [-0.1, -0.05) is 18.2 Å². The molecule has 6 nitrogen and oxygen atoms in total. The Kier molecular flexibility index (Phi) is 5.38. The second kappa shape index (κ2) is 6.98. The van der Waals surface area contributed by atoms with E-state index in [0.717, 1.165) is 16.6 Å². The quantitative estimate of drug-likeness (QED) is 0.859. The van der Waals surface area contributed by atoms with Crippen molar-refractivity contribution < 1.29 is 31.1 Å². The predicted octanol–water partition coefficient (Wildman–Crippen LogP) is 1.63. The zero-order chi connectivity index (χ0) is 18.0. The van der Waals surface area contributed by atoms with Crippen molar-refractivity contribution in [2.75, 3.05) is 12.8 Å². The number of para-hydroxylation sites is 1. The van der Waals surface area contributed by atoms with E-state index in [1.165, 1.54) is 18.2 Å². The maximum atomic E-state index is 12.4. The van der Waals surface area contributed by atoms with Gasteiger partial charge in [-0.15, -0.1) is 13.2 Å². The van der Waals surface area contributed by atoms with Crippen LogP contribution in [0.5, 0.6) is 5.75 Å². The normalized spacial score (nSPS) is 19.2. The van der Waals surface area contributed by atoms with Crippen LogP contribution in [0.4, 0.5) is 13.2 Å². The number of carbonyl (C=O) groups excluding carboxylic acids is 1. The third-order valence-corrected chi connectivity index (χ3v) is 4.87. The molecule has 1 heterocycles. The number of halogens is 3. The lowest BCUT2D eigenvalue weighted by Crippen LogP contribution is -2.45. The molecule has 0 saturated carbocycles. The minimum atomic E-state index is -4.83. The van der Waals surface area contributed by atoms with Crippen LogP contribution in [0.15, 0.2) is 24.3 Å². The van der Waals surface area contributed by atoms with Gasteiger partial charge >= 0.3 is 6.36 Å². The first-order valence-corrected chi connectivity index (χ1v) is 9.01. The van der Waals surface area contributed by atoms with Gasteiger partial charge in [0.2, 0.25) is 15.9 Å². The van der Waals surface area contributed by atoms with Gasteiger partial charge < -0.3 is 10.1 Å². The van der Waals surface area contributed by atoms with E-state index in [2.05, 4.69) is 10.1 Å². The maximum absolute atomic E-state index is 12.4. The van der Waals surface area contributed by atoms with E-state index in [9.17, 15) is 26.4 Å². The molecule has 2 rings (SSSR count). The van der Waals surface area contributed by atoms with Crippen LogP contribution < -0.4 is 10.1 Å². The lowest BCUT2D eigenvalue weighted by Gasteiger charge is -2.21. The van der Waals surface area contributed by atoms with Crippen molar-refractivity contribution in [3.8, 4) is 5.75 Å². The third-order valence-electron chi connectivity index (χ3n) is 3.58. The van der Waals surface area contributed by atoms with Gasteiger partial charge in [0.25, 0.3) is 0 Å². The summed E-state index contributed by atoms with van der Waals surface area (Å²) in [6.45, 7) is 0.0594. The average Bonchev–Trinajstić information content (AvgIpc) is 2.94. The van der Waals surface area contributed by atoms with Gasteiger partial charge in [-0.2, -0.15) is 4.31 Å². The van der Waals surface area contributed by atoms with Crippen LogP contribution in [-0.4, -0.2) is 43.8 Å². The molecule has 0 bridgehead atoms. The summed E-state index contributed by atoms with van der Waals surface area (Å²) >= 11 is 0. The summed E-state index contributed by atoms with van der Waals surface area (Å²) in [5.41, 5.74) is 0.145. The van der Waals surface area contributed by atoms with Crippen molar-refractivity contribution in [3.63, 3.8) is 0 Å². The molecule has 0 spiro atoms. The van der Waals surface area contributed by atoms with Crippen LogP contribution >= 0.6 is 0 Å². The van der Waals surface area contributed by atoms with Gasteiger partial charge in [-0.3, -0.25) is 4.79 Å². The summed E-state index contributed by atoms with van der Waals surface area (Å²) in [5, 5.41) is 2.48. The molecule has 1 N–H and O–H groups in total. The first-order chi connectivity index (χ1) is 11.1. The second-order valence-electron chi connectivity index (χ2n) is 5.41. The molecule has 0 aliphatic carbocycles. The summed E-state index contributed by atoms with van der Waals surface area (Å²) < 4.78 is 65.4.